The summed E-state index contributed by atoms with van der Waals surface area (Å²) in [5.74, 6) is 0.941. The first-order valence-corrected chi connectivity index (χ1v) is 6.75. The van der Waals surface area contributed by atoms with Gasteiger partial charge >= 0.3 is 0 Å². The van der Waals surface area contributed by atoms with Gasteiger partial charge in [0.15, 0.2) is 0 Å². The van der Waals surface area contributed by atoms with Crippen LogP contribution >= 0.6 is 15.9 Å². The van der Waals surface area contributed by atoms with Crippen molar-refractivity contribution in [1.29, 1.82) is 0 Å². The third-order valence-corrected chi connectivity index (χ3v) is 3.08. The summed E-state index contributed by atoms with van der Waals surface area (Å²) < 4.78 is 6.41. The Labute approximate surface area is 112 Å². The Morgan fingerprint density at radius 2 is 2.00 bits per heavy atom. The first-order valence-electron chi connectivity index (χ1n) is 5.95. The van der Waals surface area contributed by atoms with Crippen molar-refractivity contribution < 1.29 is 4.74 Å². The van der Waals surface area contributed by atoms with Gasteiger partial charge in [0.2, 0.25) is 0 Å². The van der Waals surface area contributed by atoms with Crippen molar-refractivity contribution in [3.63, 3.8) is 0 Å². The Morgan fingerprint density at radius 1 is 1.24 bits per heavy atom. The van der Waals surface area contributed by atoms with Crippen molar-refractivity contribution in [2.75, 3.05) is 27.2 Å². The van der Waals surface area contributed by atoms with E-state index in [1.807, 2.05) is 19.2 Å². The molecular weight excluding hydrogens is 280 g/mol. The molecule has 1 rings (SSSR count). The monoisotopic (exact) mass is 300 g/mol. The van der Waals surface area contributed by atoms with Crippen molar-refractivity contribution in [2.24, 2.45) is 0 Å². The van der Waals surface area contributed by atoms with E-state index in [0.717, 1.165) is 29.9 Å². The Balaban J connectivity index is 2.32. The molecule has 0 saturated carbocycles. The summed E-state index contributed by atoms with van der Waals surface area (Å²) in [4.78, 5) is 0. The summed E-state index contributed by atoms with van der Waals surface area (Å²) in [5, 5.41) is 6.58. The topological polar surface area (TPSA) is 33.3 Å². The number of methoxy groups -OCH3 is 1. The van der Waals surface area contributed by atoms with E-state index in [4.69, 9.17) is 4.74 Å². The van der Waals surface area contributed by atoms with Gasteiger partial charge in [0, 0.05) is 16.6 Å². The third-order valence-electron chi connectivity index (χ3n) is 2.59. The minimum absolute atomic E-state index is 0.849. The predicted octanol–water partition coefficient (Wildman–Crippen LogP) is 2.55. The maximum absolute atomic E-state index is 5.33. The molecule has 0 bridgehead atoms. The number of ether oxygens (including phenoxy) is 1. The van der Waals surface area contributed by atoms with E-state index in [1.165, 1.54) is 18.4 Å². The van der Waals surface area contributed by atoms with Gasteiger partial charge in [0.1, 0.15) is 5.75 Å². The van der Waals surface area contributed by atoms with Gasteiger partial charge in [0.25, 0.3) is 0 Å². The second kappa shape index (κ2) is 8.50. The molecule has 0 atom stereocenters. The molecule has 0 spiro atoms. The molecule has 96 valence electrons. The van der Waals surface area contributed by atoms with Crippen molar-refractivity contribution in [2.45, 2.75) is 19.4 Å². The van der Waals surface area contributed by atoms with Crippen LogP contribution in [-0.4, -0.2) is 27.2 Å². The lowest BCUT2D eigenvalue weighted by Crippen LogP contribution is -2.17. The SMILES string of the molecule is CNCCCCNCc1cc(Br)ccc1OC. The lowest BCUT2D eigenvalue weighted by Gasteiger charge is -2.10. The fraction of sp³-hybridized carbons (Fsp3) is 0.538. The molecule has 1 aromatic rings. The fourth-order valence-corrected chi connectivity index (χ4v) is 2.07. The summed E-state index contributed by atoms with van der Waals surface area (Å²) >= 11 is 3.48. The average Bonchev–Trinajstić information content (AvgIpc) is 2.34. The van der Waals surface area contributed by atoms with Crippen LogP contribution < -0.4 is 15.4 Å². The van der Waals surface area contributed by atoms with Crippen LogP contribution in [0.15, 0.2) is 22.7 Å². The van der Waals surface area contributed by atoms with Crippen molar-refractivity contribution in [3.8, 4) is 5.75 Å². The van der Waals surface area contributed by atoms with Crippen molar-refractivity contribution in [3.05, 3.63) is 28.2 Å². The quantitative estimate of drug-likeness (QED) is 0.724. The molecule has 0 aromatic heterocycles. The highest BCUT2D eigenvalue weighted by atomic mass is 79.9. The molecule has 0 unspecified atom stereocenters. The predicted molar refractivity (Wildman–Crippen MR) is 75.6 cm³/mol. The summed E-state index contributed by atoms with van der Waals surface area (Å²) in [6, 6.07) is 6.08. The van der Waals surface area contributed by atoms with Crippen LogP contribution in [0.1, 0.15) is 18.4 Å². The van der Waals surface area contributed by atoms with E-state index in [9.17, 15) is 0 Å². The van der Waals surface area contributed by atoms with E-state index in [2.05, 4.69) is 32.6 Å². The normalized spacial score (nSPS) is 10.5. The van der Waals surface area contributed by atoms with Crippen LogP contribution in [0.2, 0.25) is 0 Å². The highest BCUT2D eigenvalue weighted by Crippen LogP contribution is 2.22. The lowest BCUT2D eigenvalue weighted by atomic mass is 10.2. The van der Waals surface area contributed by atoms with Crippen LogP contribution in [0.5, 0.6) is 5.75 Å². The molecular formula is C13H21BrN2O. The molecule has 1 aromatic carbocycles. The van der Waals surface area contributed by atoms with Gasteiger partial charge in [-0.15, -0.1) is 0 Å². The van der Waals surface area contributed by atoms with E-state index in [1.54, 1.807) is 7.11 Å². The zero-order valence-corrected chi connectivity index (χ0v) is 12.1. The number of halogens is 1. The number of rotatable bonds is 8. The molecule has 0 radical (unpaired) electrons. The fourth-order valence-electron chi connectivity index (χ4n) is 1.66. The number of hydrogen-bond acceptors (Lipinski definition) is 3. The Kier molecular flexibility index (Phi) is 7.24. The minimum atomic E-state index is 0.849. The molecule has 0 saturated heterocycles. The van der Waals surface area contributed by atoms with Crippen molar-refractivity contribution >= 4 is 15.9 Å². The molecule has 0 amide bonds. The number of unbranched alkanes of at least 4 members (excludes halogenated alkanes) is 1. The molecule has 0 aliphatic carbocycles. The maximum Gasteiger partial charge on any atom is 0.123 e. The summed E-state index contributed by atoms with van der Waals surface area (Å²) in [5.41, 5.74) is 1.19. The molecule has 0 heterocycles. The van der Waals surface area contributed by atoms with Gasteiger partial charge in [-0.2, -0.15) is 0 Å². The average molecular weight is 301 g/mol. The number of nitrogens with one attached hydrogen (secondary N) is 2. The van der Waals surface area contributed by atoms with E-state index in [0.29, 0.717) is 0 Å². The molecule has 4 heteroatoms. The number of hydrogen-bond donors (Lipinski definition) is 2. The molecule has 2 N–H and O–H groups in total. The van der Waals surface area contributed by atoms with Gasteiger partial charge < -0.3 is 15.4 Å². The smallest absolute Gasteiger partial charge is 0.123 e. The highest BCUT2D eigenvalue weighted by molar-refractivity contribution is 9.10. The van der Waals surface area contributed by atoms with Gasteiger partial charge in [0.05, 0.1) is 7.11 Å². The minimum Gasteiger partial charge on any atom is -0.496 e. The first kappa shape index (κ1) is 14.5. The van der Waals surface area contributed by atoms with E-state index >= 15 is 0 Å². The van der Waals surface area contributed by atoms with E-state index in [-0.39, 0.29) is 0 Å². The number of benzene rings is 1. The van der Waals surface area contributed by atoms with Gasteiger partial charge in [-0.25, -0.2) is 0 Å². The second-order valence-electron chi connectivity index (χ2n) is 3.94. The Morgan fingerprint density at radius 3 is 2.71 bits per heavy atom. The van der Waals surface area contributed by atoms with Gasteiger partial charge in [-0.1, -0.05) is 15.9 Å². The molecule has 3 nitrogen and oxygen atoms in total. The van der Waals surface area contributed by atoms with Gasteiger partial charge in [-0.3, -0.25) is 0 Å². The van der Waals surface area contributed by atoms with Crippen LogP contribution in [-0.2, 0) is 6.54 Å². The highest BCUT2D eigenvalue weighted by Gasteiger charge is 2.02. The zero-order valence-electron chi connectivity index (χ0n) is 10.6. The van der Waals surface area contributed by atoms with Crippen LogP contribution in [0.4, 0.5) is 0 Å². The molecule has 0 aliphatic heterocycles. The van der Waals surface area contributed by atoms with Crippen LogP contribution in [0.25, 0.3) is 0 Å². The van der Waals surface area contributed by atoms with Crippen LogP contribution in [0.3, 0.4) is 0 Å². The summed E-state index contributed by atoms with van der Waals surface area (Å²) in [6.07, 6.45) is 2.40. The van der Waals surface area contributed by atoms with Crippen LogP contribution in [0, 0.1) is 0 Å². The largest absolute Gasteiger partial charge is 0.496 e. The first-order chi connectivity index (χ1) is 8.27. The van der Waals surface area contributed by atoms with Gasteiger partial charge in [-0.05, 0) is 51.2 Å². The van der Waals surface area contributed by atoms with Crippen molar-refractivity contribution in [1.82, 2.24) is 10.6 Å². The maximum atomic E-state index is 5.33. The van der Waals surface area contributed by atoms with E-state index < -0.39 is 0 Å². The Hall–Kier alpha value is -0.580. The summed E-state index contributed by atoms with van der Waals surface area (Å²) in [7, 11) is 3.69. The lowest BCUT2D eigenvalue weighted by molar-refractivity contribution is 0.407. The molecule has 0 aliphatic rings. The third kappa shape index (κ3) is 5.52. The second-order valence-corrected chi connectivity index (χ2v) is 4.86. The summed E-state index contributed by atoms with van der Waals surface area (Å²) in [6.45, 7) is 2.97. The Bertz CT molecular complexity index is 331. The molecule has 17 heavy (non-hydrogen) atoms. The zero-order chi connectivity index (χ0) is 12.5. The standard InChI is InChI=1S/C13H21BrN2O/c1-15-7-3-4-8-16-10-11-9-12(14)5-6-13(11)17-2/h5-6,9,15-16H,3-4,7-8,10H2,1-2H3. The molecule has 0 fully saturated rings.